The first-order valence-electron chi connectivity index (χ1n) is 10.8. The predicted molar refractivity (Wildman–Crippen MR) is 127 cm³/mol. The number of nitrogens with one attached hydrogen (secondary N) is 1. The number of carbonyl (C=O) groups excluding carboxylic acids is 1. The Morgan fingerprint density at radius 3 is 2.47 bits per heavy atom. The lowest BCUT2D eigenvalue weighted by Gasteiger charge is -2.32. The van der Waals surface area contributed by atoms with Gasteiger partial charge in [-0.1, -0.05) is 30.0 Å². The predicted octanol–water partition coefficient (Wildman–Crippen LogP) is 3.51. The van der Waals surface area contributed by atoms with Crippen LogP contribution in [0.2, 0.25) is 0 Å². The summed E-state index contributed by atoms with van der Waals surface area (Å²) < 4.78 is 25.6. The molecule has 0 bridgehead atoms. The molecule has 0 aliphatic carbocycles. The highest BCUT2D eigenvalue weighted by Crippen LogP contribution is 2.29. The van der Waals surface area contributed by atoms with Gasteiger partial charge in [0.15, 0.2) is 0 Å². The Balaban J connectivity index is 1.60. The van der Waals surface area contributed by atoms with Crippen molar-refractivity contribution in [2.24, 2.45) is 0 Å². The van der Waals surface area contributed by atoms with E-state index >= 15 is 0 Å². The van der Waals surface area contributed by atoms with E-state index < -0.39 is 10.0 Å². The molecular weight excluding hydrogens is 424 g/mol. The van der Waals surface area contributed by atoms with Crippen molar-refractivity contribution in [2.45, 2.75) is 38.5 Å². The van der Waals surface area contributed by atoms with Crippen LogP contribution in [0.4, 0.5) is 5.69 Å². The fraction of sp³-hybridized carbons (Fsp3) is 0.400. The molecule has 0 radical (unpaired) electrons. The van der Waals surface area contributed by atoms with E-state index in [2.05, 4.69) is 28.7 Å². The fourth-order valence-corrected chi connectivity index (χ4v) is 4.45. The number of rotatable bonds is 6. The van der Waals surface area contributed by atoms with Gasteiger partial charge in [0.05, 0.1) is 11.9 Å². The van der Waals surface area contributed by atoms with Crippen LogP contribution in [0.3, 0.4) is 0 Å². The van der Waals surface area contributed by atoms with Gasteiger partial charge in [-0.3, -0.25) is 9.52 Å². The Morgan fingerprint density at radius 2 is 1.84 bits per heavy atom. The summed E-state index contributed by atoms with van der Waals surface area (Å²) in [6.07, 6.45) is 4.25. The van der Waals surface area contributed by atoms with Gasteiger partial charge in [0.1, 0.15) is 0 Å². The van der Waals surface area contributed by atoms with Crippen LogP contribution in [-0.2, 0) is 10.0 Å². The van der Waals surface area contributed by atoms with Gasteiger partial charge in [0, 0.05) is 37.2 Å². The van der Waals surface area contributed by atoms with Crippen molar-refractivity contribution in [3.63, 3.8) is 0 Å². The van der Waals surface area contributed by atoms with Crippen LogP contribution >= 0.6 is 0 Å². The second kappa shape index (κ2) is 10.7. The lowest BCUT2D eigenvalue weighted by atomic mass is 9.88. The fourth-order valence-electron chi connectivity index (χ4n) is 3.83. The summed E-state index contributed by atoms with van der Waals surface area (Å²) in [4.78, 5) is 14.8. The summed E-state index contributed by atoms with van der Waals surface area (Å²) in [5, 5.41) is 8.81. The van der Waals surface area contributed by atoms with Gasteiger partial charge in [-0.05, 0) is 67.5 Å². The SMILES string of the molecule is Cc1ccc(C(=O)N2CCC(c3ccc(C#CCCCO)cc3)CC2)cc1NS(C)(=O)=O. The van der Waals surface area contributed by atoms with Crippen molar-refractivity contribution in [3.05, 3.63) is 64.7 Å². The number of anilines is 1. The minimum absolute atomic E-state index is 0.0755. The minimum Gasteiger partial charge on any atom is -0.396 e. The maximum absolute atomic E-state index is 13.0. The number of amides is 1. The highest BCUT2D eigenvalue weighted by atomic mass is 32.2. The Hall–Kier alpha value is -2.82. The zero-order valence-electron chi connectivity index (χ0n) is 18.6. The van der Waals surface area contributed by atoms with E-state index in [0.717, 1.165) is 30.2 Å². The van der Waals surface area contributed by atoms with E-state index in [1.54, 1.807) is 25.1 Å². The summed E-state index contributed by atoms with van der Waals surface area (Å²) in [7, 11) is -3.41. The average Bonchev–Trinajstić information content (AvgIpc) is 2.77. The molecule has 0 saturated carbocycles. The Kier molecular flexibility index (Phi) is 7.94. The van der Waals surface area contributed by atoms with Crippen molar-refractivity contribution in [2.75, 3.05) is 30.7 Å². The number of sulfonamides is 1. The molecule has 170 valence electrons. The topological polar surface area (TPSA) is 86.7 Å². The molecule has 1 fully saturated rings. The molecule has 2 N–H and O–H groups in total. The molecule has 0 aromatic heterocycles. The lowest BCUT2D eigenvalue weighted by molar-refractivity contribution is 0.0713. The molecule has 0 spiro atoms. The van der Waals surface area contributed by atoms with Gasteiger partial charge in [0.2, 0.25) is 10.0 Å². The highest BCUT2D eigenvalue weighted by Gasteiger charge is 2.25. The standard InChI is InChI=1S/C25H30N2O4S/c1-19-7-10-23(18-24(19)26-32(2,30)31)25(29)27-15-13-22(14-16-27)21-11-8-20(9-12-21)6-4-3-5-17-28/h7-12,18,22,26,28H,3,5,13-17H2,1-2H3. The van der Waals surface area contributed by atoms with Gasteiger partial charge < -0.3 is 10.0 Å². The van der Waals surface area contributed by atoms with E-state index in [-0.39, 0.29) is 12.5 Å². The summed E-state index contributed by atoms with van der Waals surface area (Å²) in [6.45, 7) is 3.29. The van der Waals surface area contributed by atoms with Crippen LogP contribution in [0.5, 0.6) is 0 Å². The second-order valence-corrected chi connectivity index (χ2v) is 9.97. The number of unbranched alkanes of at least 4 members (excludes halogenated alkanes) is 1. The van der Waals surface area contributed by atoms with Crippen LogP contribution in [-0.4, -0.2) is 50.3 Å². The second-order valence-electron chi connectivity index (χ2n) is 8.22. The summed E-state index contributed by atoms with van der Waals surface area (Å²) in [5.41, 5.74) is 3.93. The van der Waals surface area contributed by atoms with Gasteiger partial charge in [0.25, 0.3) is 5.91 Å². The molecule has 1 amide bonds. The molecule has 1 aliphatic heterocycles. The molecule has 1 heterocycles. The first-order valence-corrected chi connectivity index (χ1v) is 12.7. The normalized spacial score (nSPS) is 14.5. The molecule has 1 saturated heterocycles. The summed E-state index contributed by atoms with van der Waals surface area (Å²) in [5.74, 6) is 6.50. The number of nitrogens with zero attached hydrogens (tertiary/aromatic N) is 1. The Bertz CT molecular complexity index is 1110. The van der Waals surface area contributed by atoms with Gasteiger partial charge in [-0.25, -0.2) is 8.42 Å². The molecule has 32 heavy (non-hydrogen) atoms. The van der Waals surface area contributed by atoms with E-state index in [0.29, 0.717) is 43.1 Å². The lowest BCUT2D eigenvalue weighted by Crippen LogP contribution is -2.38. The van der Waals surface area contributed by atoms with Crippen LogP contribution in [0, 0.1) is 18.8 Å². The van der Waals surface area contributed by atoms with Crippen molar-refractivity contribution >= 4 is 21.6 Å². The number of aliphatic hydroxyl groups is 1. The van der Waals surface area contributed by atoms with Crippen molar-refractivity contribution in [1.82, 2.24) is 4.90 Å². The molecule has 1 aliphatic rings. The Labute approximate surface area is 190 Å². The first-order chi connectivity index (χ1) is 15.3. The van der Waals surface area contributed by atoms with E-state index in [4.69, 9.17) is 5.11 Å². The summed E-state index contributed by atoms with van der Waals surface area (Å²) >= 11 is 0. The smallest absolute Gasteiger partial charge is 0.253 e. The summed E-state index contributed by atoms with van der Waals surface area (Å²) in [6, 6.07) is 13.4. The molecule has 3 rings (SSSR count). The maximum atomic E-state index is 13.0. The van der Waals surface area contributed by atoms with E-state index in [1.807, 2.05) is 17.0 Å². The number of hydrogen-bond donors (Lipinski definition) is 2. The van der Waals surface area contributed by atoms with E-state index in [9.17, 15) is 13.2 Å². The van der Waals surface area contributed by atoms with Crippen LogP contribution in [0.25, 0.3) is 0 Å². The number of likely N-dealkylation sites (tertiary alicyclic amines) is 1. The number of benzene rings is 2. The average molecular weight is 455 g/mol. The van der Waals surface area contributed by atoms with Crippen LogP contribution in [0.15, 0.2) is 42.5 Å². The molecule has 0 unspecified atom stereocenters. The molecular formula is C25H30N2O4S. The van der Waals surface area contributed by atoms with E-state index in [1.165, 1.54) is 5.56 Å². The number of carbonyl (C=O) groups is 1. The number of hydrogen-bond acceptors (Lipinski definition) is 4. The van der Waals surface area contributed by atoms with Crippen molar-refractivity contribution in [1.29, 1.82) is 0 Å². The van der Waals surface area contributed by atoms with Crippen molar-refractivity contribution in [3.8, 4) is 11.8 Å². The third-order valence-corrected chi connectivity index (χ3v) is 6.23. The molecule has 6 nitrogen and oxygen atoms in total. The molecule has 7 heteroatoms. The van der Waals surface area contributed by atoms with Gasteiger partial charge in [-0.2, -0.15) is 0 Å². The van der Waals surface area contributed by atoms with Gasteiger partial charge in [-0.15, -0.1) is 0 Å². The maximum Gasteiger partial charge on any atom is 0.253 e. The van der Waals surface area contributed by atoms with Gasteiger partial charge >= 0.3 is 0 Å². The number of aliphatic hydroxyl groups excluding tert-OH is 1. The number of aryl methyl sites for hydroxylation is 1. The first kappa shape index (κ1) is 23.8. The van der Waals surface area contributed by atoms with Crippen LogP contribution in [0.1, 0.15) is 58.6 Å². The Morgan fingerprint density at radius 1 is 1.16 bits per heavy atom. The third kappa shape index (κ3) is 6.59. The van der Waals surface area contributed by atoms with Crippen LogP contribution < -0.4 is 4.72 Å². The molecule has 2 aromatic carbocycles. The number of piperidine rings is 1. The highest BCUT2D eigenvalue weighted by molar-refractivity contribution is 7.92. The zero-order valence-corrected chi connectivity index (χ0v) is 19.4. The molecule has 2 aromatic rings. The third-order valence-electron chi connectivity index (χ3n) is 5.64. The minimum atomic E-state index is -3.41. The zero-order chi connectivity index (χ0) is 23.1. The monoisotopic (exact) mass is 454 g/mol. The quantitative estimate of drug-likeness (QED) is 0.517. The molecule has 0 atom stereocenters. The van der Waals surface area contributed by atoms with Crippen molar-refractivity contribution < 1.29 is 18.3 Å². The largest absolute Gasteiger partial charge is 0.396 e.